The van der Waals surface area contributed by atoms with Gasteiger partial charge in [-0.2, -0.15) is 0 Å². The van der Waals surface area contributed by atoms with Crippen molar-refractivity contribution in [3.63, 3.8) is 0 Å². The fourth-order valence-electron chi connectivity index (χ4n) is 3.36. The summed E-state index contributed by atoms with van der Waals surface area (Å²) in [5.41, 5.74) is -0.812. The molecule has 1 aromatic rings. The minimum Gasteiger partial charge on any atom is -0.387 e. The molecule has 24 heavy (non-hydrogen) atoms. The molecule has 0 aromatic carbocycles. The number of aryl methyl sites for hydroxylation is 1. The molecule has 3 rings (SSSR count). The summed E-state index contributed by atoms with van der Waals surface area (Å²) in [4.78, 5) is 15.8. The fourth-order valence-corrected chi connectivity index (χ4v) is 3.36. The van der Waals surface area contributed by atoms with Crippen molar-refractivity contribution in [2.45, 2.75) is 44.1 Å². The monoisotopic (exact) mass is 343 g/mol. The lowest BCUT2D eigenvalue weighted by molar-refractivity contribution is -0.0720. The Morgan fingerprint density at radius 2 is 2.04 bits per heavy atom. The summed E-state index contributed by atoms with van der Waals surface area (Å²) in [6, 6.07) is 1.62. The standard InChI is InChI=1S/C16H23F2N3O3/c1-2-12-9-13(19-24-12)14(22)21-8-3-15(23,11-21)10-20-6-4-16(17,18)5-7-20/h9,23H,2-8,10-11H2,1H3/t15-/m0/s1. The molecule has 134 valence electrons. The number of carbonyl (C=O) groups excluding carboxylic acids is 1. The highest BCUT2D eigenvalue weighted by Crippen LogP contribution is 2.30. The number of aliphatic hydroxyl groups is 1. The van der Waals surface area contributed by atoms with E-state index in [9.17, 15) is 18.7 Å². The molecule has 1 atom stereocenters. The molecule has 1 aromatic heterocycles. The third kappa shape index (κ3) is 3.75. The Hall–Kier alpha value is -1.54. The summed E-state index contributed by atoms with van der Waals surface area (Å²) < 4.78 is 31.5. The molecule has 2 fully saturated rings. The van der Waals surface area contributed by atoms with Gasteiger partial charge < -0.3 is 14.5 Å². The van der Waals surface area contributed by atoms with Gasteiger partial charge in [-0.25, -0.2) is 8.78 Å². The van der Waals surface area contributed by atoms with Gasteiger partial charge in [0.15, 0.2) is 5.69 Å². The molecule has 0 aliphatic carbocycles. The smallest absolute Gasteiger partial charge is 0.276 e. The van der Waals surface area contributed by atoms with E-state index in [1.54, 1.807) is 11.0 Å². The third-order valence-corrected chi connectivity index (χ3v) is 4.85. The van der Waals surface area contributed by atoms with E-state index < -0.39 is 11.5 Å². The summed E-state index contributed by atoms with van der Waals surface area (Å²) in [5.74, 6) is -2.22. The summed E-state index contributed by atoms with van der Waals surface area (Å²) in [7, 11) is 0. The van der Waals surface area contributed by atoms with Gasteiger partial charge >= 0.3 is 0 Å². The van der Waals surface area contributed by atoms with Gasteiger partial charge in [-0.1, -0.05) is 12.1 Å². The van der Waals surface area contributed by atoms with Crippen molar-refractivity contribution in [1.82, 2.24) is 15.0 Å². The molecule has 0 radical (unpaired) electrons. The summed E-state index contributed by atoms with van der Waals surface area (Å²) >= 11 is 0. The molecule has 2 aliphatic heterocycles. The number of amides is 1. The predicted octanol–water partition coefficient (Wildman–Crippen LogP) is 1.55. The Bertz CT molecular complexity index is 597. The number of alkyl halides is 2. The molecule has 0 spiro atoms. The molecule has 8 heteroatoms. The highest BCUT2D eigenvalue weighted by atomic mass is 19.3. The first-order valence-corrected chi connectivity index (χ1v) is 8.38. The van der Waals surface area contributed by atoms with Gasteiger partial charge in [0.05, 0.1) is 12.1 Å². The number of piperidine rings is 1. The lowest BCUT2D eigenvalue weighted by Gasteiger charge is -2.36. The van der Waals surface area contributed by atoms with E-state index in [4.69, 9.17) is 4.52 Å². The normalized spacial score (nSPS) is 27.6. The molecule has 6 nitrogen and oxygen atoms in total. The van der Waals surface area contributed by atoms with Crippen molar-refractivity contribution < 1.29 is 23.2 Å². The first-order chi connectivity index (χ1) is 11.3. The highest BCUT2D eigenvalue weighted by Gasteiger charge is 2.42. The lowest BCUT2D eigenvalue weighted by atomic mass is 10.00. The van der Waals surface area contributed by atoms with Crippen LogP contribution in [-0.2, 0) is 6.42 Å². The zero-order chi connectivity index (χ0) is 17.4. The van der Waals surface area contributed by atoms with Gasteiger partial charge in [-0.15, -0.1) is 0 Å². The number of rotatable bonds is 4. The Balaban J connectivity index is 1.56. The van der Waals surface area contributed by atoms with Crippen molar-refractivity contribution in [3.05, 3.63) is 17.5 Å². The zero-order valence-corrected chi connectivity index (χ0v) is 13.8. The lowest BCUT2D eigenvalue weighted by Crippen LogP contribution is -2.49. The van der Waals surface area contributed by atoms with Crippen LogP contribution in [0.25, 0.3) is 0 Å². The minimum atomic E-state index is -2.60. The average Bonchev–Trinajstić information content (AvgIpc) is 3.16. The molecule has 0 saturated carbocycles. The van der Waals surface area contributed by atoms with Crippen molar-refractivity contribution in [2.24, 2.45) is 0 Å². The van der Waals surface area contributed by atoms with Crippen LogP contribution in [-0.4, -0.2) is 70.2 Å². The van der Waals surface area contributed by atoms with Crippen LogP contribution < -0.4 is 0 Å². The molecule has 1 amide bonds. The quantitative estimate of drug-likeness (QED) is 0.898. The van der Waals surface area contributed by atoms with Gasteiger partial charge in [0, 0.05) is 51.5 Å². The first kappa shape index (κ1) is 17.3. The number of halogens is 2. The van der Waals surface area contributed by atoms with Gasteiger partial charge in [-0.3, -0.25) is 9.69 Å². The number of hydrogen-bond acceptors (Lipinski definition) is 5. The van der Waals surface area contributed by atoms with Crippen LogP contribution in [0.5, 0.6) is 0 Å². The van der Waals surface area contributed by atoms with E-state index in [1.807, 2.05) is 11.8 Å². The molecule has 0 bridgehead atoms. The van der Waals surface area contributed by atoms with Gasteiger partial charge in [0.1, 0.15) is 5.76 Å². The Labute approximate surface area is 139 Å². The number of β-amino-alcohol motifs (C(OH)–C–C–N with tert-alkyl or cyclic N) is 1. The van der Waals surface area contributed by atoms with E-state index in [0.717, 1.165) is 0 Å². The van der Waals surface area contributed by atoms with E-state index in [2.05, 4.69) is 5.16 Å². The number of likely N-dealkylation sites (tertiary alicyclic amines) is 2. The predicted molar refractivity (Wildman–Crippen MR) is 82.0 cm³/mol. The van der Waals surface area contributed by atoms with E-state index in [1.165, 1.54) is 0 Å². The largest absolute Gasteiger partial charge is 0.387 e. The van der Waals surface area contributed by atoms with E-state index in [-0.39, 0.29) is 44.1 Å². The van der Waals surface area contributed by atoms with Crippen LogP contribution in [0.2, 0.25) is 0 Å². The van der Waals surface area contributed by atoms with Gasteiger partial charge in [0.2, 0.25) is 0 Å². The van der Waals surface area contributed by atoms with Crippen LogP contribution in [0.1, 0.15) is 42.4 Å². The second kappa shape index (κ2) is 6.40. The number of carbonyl (C=O) groups is 1. The summed E-state index contributed by atoms with van der Waals surface area (Å²) in [6.07, 6.45) is 0.739. The fraction of sp³-hybridized carbons (Fsp3) is 0.750. The molecular weight excluding hydrogens is 320 g/mol. The average molecular weight is 343 g/mol. The van der Waals surface area contributed by atoms with E-state index >= 15 is 0 Å². The van der Waals surface area contributed by atoms with Crippen LogP contribution in [0.4, 0.5) is 8.78 Å². The number of nitrogens with zero attached hydrogens (tertiary/aromatic N) is 3. The maximum atomic E-state index is 13.2. The maximum absolute atomic E-state index is 13.2. The van der Waals surface area contributed by atoms with Crippen molar-refractivity contribution in [1.29, 1.82) is 0 Å². The second-order valence-electron chi connectivity index (χ2n) is 6.87. The topological polar surface area (TPSA) is 69.8 Å². The molecule has 0 unspecified atom stereocenters. The Morgan fingerprint density at radius 1 is 1.33 bits per heavy atom. The third-order valence-electron chi connectivity index (χ3n) is 4.85. The Morgan fingerprint density at radius 3 is 2.67 bits per heavy atom. The SMILES string of the molecule is CCc1cc(C(=O)N2CC[C@](O)(CN3CCC(F)(F)CC3)C2)no1. The van der Waals surface area contributed by atoms with Crippen LogP contribution in [0, 0.1) is 0 Å². The van der Waals surface area contributed by atoms with Gasteiger partial charge in [-0.05, 0) is 6.42 Å². The molecule has 2 aliphatic rings. The molecule has 2 saturated heterocycles. The van der Waals surface area contributed by atoms with Crippen LogP contribution >= 0.6 is 0 Å². The van der Waals surface area contributed by atoms with E-state index in [0.29, 0.717) is 31.7 Å². The maximum Gasteiger partial charge on any atom is 0.276 e. The Kier molecular flexibility index (Phi) is 4.61. The van der Waals surface area contributed by atoms with Crippen LogP contribution in [0.15, 0.2) is 10.6 Å². The highest BCUT2D eigenvalue weighted by molar-refractivity contribution is 5.92. The second-order valence-corrected chi connectivity index (χ2v) is 6.87. The number of hydrogen-bond donors (Lipinski definition) is 1. The van der Waals surface area contributed by atoms with Gasteiger partial charge in [0.25, 0.3) is 11.8 Å². The van der Waals surface area contributed by atoms with Crippen molar-refractivity contribution in [3.8, 4) is 0 Å². The zero-order valence-electron chi connectivity index (χ0n) is 13.8. The first-order valence-electron chi connectivity index (χ1n) is 8.38. The molecule has 3 heterocycles. The van der Waals surface area contributed by atoms with Crippen molar-refractivity contribution >= 4 is 5.91 Å². The molecule has 1 N–H and O–H groups in total. The summed E-state index contributed by atoms with van der Waals surface area (Å²) in [6.45, 7) is 3.37. The number of aromatic nitrogens is 1. The minimum absolute atomic E-state index is 0.176. The molecular formula is C16H23F2N3O3. The van der Waals surface area contributed by atoms with Crippen molar-refractivity contribution in [2.75, 3.05) is 32.7 Å². The summed E-state index contributed by atoms with van der Waals surface area (Å²) in [5, 5.41) is 14.5. The van der Waals surface area contributed by atoms with Crippen LogP contribution in [0.3, 0.4) is 0 Å².